The molecule has 0 aliphatic rings. The first-order valence-electron chi connectivity index (χ1n) is 7.62. The van der Waals surface area contributed by atoms with Gasteiger partial charge in [0, 0.05) is 18.7 Å². The van der Waals surface area contributed by atoms with Crippen LogP contribution in [0.1, 0.15) is 50.9 Å². The Hall–Kier alpha value is -1.71. The van der Waals surface area contributed by atoms with E-state index < -0.39 is 0 Å². The van der Waals surface area contributed by atoms with E-state index in [-0.39, 0.29) is 17.4 Å². The Morgan fingerprint density at radius 3 is 1.95 bits per heavy atom. The van der Waals surface area contributed by atoms with Gasteiger partial charge in [-0.2, -0.15) is 0 Å². The zero-order chi connectivity index (χ0) is 16.0. The summed E-state index contributed by atoms with van der Waals surface area (Å²) in [6.07, 6.45) is 1.90. The summed E-state index contributed by atoms with van der Waals surface area (Å²) in [7, 11) is 0. The highest BCUT2D eigenvalue weighted by Gasteiger charge is 2.17. The Bertz CT molecular complexity index is 457. The number of amides is 1. The van der Waals surface area contributed by atoms with Gasteiger partial charge in [0.25, 0.3) is 5.91 Å². The number of hydrogen-bond acceptors (Lipinski definition) is 3. The minimum Gasteiger partial charge on any atom is -0.504 e. The standard InChI is InChI=1S/C17H27NO3/c1-12(2)7-9-18(10-8-13(3)4)17(21)14-5-6-15(19)16(20)11-14/h5-6,11-13,19-20H,7-10H2,1-4H3. The minimum atomic E-state index is -0.256. The second kappa shape index (κ2) is 7.91. The van der Waals surface area contributed by atoms with Crippen LogP contribution in [0, 0.1) is 11.8 Å². The molecular formula is C17H27NO3. The lowest BCUT2D eigenvalue weighted by Gasteiger charge is -2.24. The summed E-state index contributed by atoms with van der Waals surface area (Å²) in [5.41, 5.74) is 0.415. The van der Waals surface area contributed by atoms with Crippen LogP contribution < -0.4 is 0 Å². The maximum Gasteiger partial charge on any atom is 0.253 e. The molecule has 0 bridgehead atoms. The topological polar surface area (TPSA) is 60.8 Å². The van der Waals surface area contributed by atoms with Crippen molar-refractivity contribution in [3.05, 3.63) is 23.8 Å². The lowest BCUT2D eigenvalue weighted by atomic mass is 10.1. The zero-order valence-corrected chi connectivity index (χ0v) is 13.5. The van der Waals surface area contributed by atoms with Crippen LogP contribution in [0.15, 0.2) is 18.2 Å². The van der Waals surface area contributed by atoms with E-state index in [0.717, 1.165) is 12.8 Å². The lowest BCUT2D eigenvalue weighted by Crippen LogP contribution is -2.34. The number of benzene rings is 1. The Kier molecular flexibility index (Phi) is 6.53. The van der Waals surface area contributed by atoms with Gasteiger partial charge in [-0.1, -0.05) is 27.7 Å². The molecule has 2 N–H and O–H groups in total. The molecule has 1 aromatic rings. The highest BCUT2D eigenvalue weighted by Crippen LogP contribution is 2.25. The lowest BCUT2D eigenvalue weighted by molar-refractivity contribution is 0.0740. The van der Waals surface area contributed by atoms with Crippen molar-refractivity contribution in [2.45, 2.75) is 40.5 Å². The molecule has 4 nitrogen and oxygen atoms in total. The van der Waals surface area contributed by atoms with Gasteiger partial charge >= 0.3 is 0 Å². The van der Waals surface area contributed by atoms with E-state index >= 15 is 0 Å². The van der Waals surface area contributed by atoms with Crippen LogP contribution >= 0.6 is 0 Å². The second-order valence-electron chi connectivity index (χ2n) is 6.36. The van der Waals surface area contributed by atoms with E-state index in [1.807, 2.05) is 4.90 Å². The second-order valence-corrected chi connectivity index (χ2v) is 6.36. The van der Waals surface area contributed by atoms with Crippen LogP contribution in [-0.4, -0.2) is 34.1 Å². The smallest absolute Gasteiger partial charge is 0.253 e. The number of rotatable bonds is 7. The van der Waals surface area contributed by atoms with E-state index in [0.29, 0.717) is 30.5 Å². The van der Waals surface area contributed by atoms with E-state index in [9.17, 15) is 15.0 Å². The molecule has 1 rings (SSSR count). The fraction of sp³-hybridized carbons (Fsp3) is 0.588. The molecule has 118 valence electrons. The van der Waals surface area contributed by atoms with Gasteiger partial charge in [0.15, 0.2) is 11.5 Å². The van der Waals surface area contributed by atoms with Gasteiger partial charge in [0.05, 0.1) is 0 Å². The van der Waals surface area contributed by atoms with E-state index in [2.05, 4.69) is 27.7 Å². The summed E-state index contributed by atoms with van der Waals surface area (Å²) in [4.78, 5) is 14.4. The number of hydrogen-bond donors (Lipinski definition) is 2. The van der Waals surface area contributed by atoms with Crippen molar-refractivity contribution in [3.63, 3.8) is 0 Å². The third-order valence-corrected chi connectivity index (χ3v) is 3.46. The molecule has 0 spiro atoms. The number of phenols is 2. The molecule has 0 aliphatic carbocycles. The van der Waals surface area contributed by atoms with Crippen LogP contribution in [0.2, 0.25) is 0 Å². The summed E-state index contributed by atoms with van der Waals surface area (Å²) in [5.74, 6) is 0.516. The zero-order valence-electron chi connectivity index (χ0n) is 13.5. The Morgan fingerprint density at radius 1 is 1.00 bits per heavy atom. The third-order valence-electron chi connectivity index (χ3n) is 3.46. The summed E-state index contributed by atoms with van der Waals surface area (Å²) in [6.45, 7) is 9.97. The number of phenolic OH excluding ortho intramolecular Hbond substituents is 2. The number of aromatic hydroxyl groups is 2. The molecule has 0 heterocycles. The fourth-order valence-electron chi connectivity index (χ4n) is 1.98. The highest BCUT2D eigenvalue weighted by atomic mass is 16.3. The molecule has 0 unspecified atom stereocenters. The summed E-state index contributed by atoms with van der Waals surface area (Å²) >= 11 is 0. The van der Waals surface area contributed by atoms with Crippen LogP contribution in [0.4, 0.5) is 0 Å². The molecule has 0 saturated carbocycles. The molecule has 1 aromatic carbocycles. The molecule has 0 saturated heterocycles. The van der Waals surface area contributed by atoms with Crippen molar-refractivity contribution >= 4 is 5.91 Å². The first-order chi connectivity index (χ1) is 9.81. The largest absolute Gasteiger partial charge is 0.504 e. The van der Waals surface area contributed by atoms with Crippen molar-refractivity contribution in [1.82, 2.24) is 4.90 Å². The number of carbonyl (C=O) groups excluding carboxylic acids is 1. The first-order valence-corrected chi connectivity index (χ1v) is 7.62. The SMILES string of the molecule is CC(C)CCN(CCC(C)C)C(=O)c1ccc(O)c(O)c1. The molecule has 0 aromatic heterocycles. The third kappa shape index (κ3) is 5.66. The molecule has 0 aliphatic heterocycles. The Morgan fingerprint density at radius 2 is 1.52 bits per heavy atom. The molecule has 0 atom stereocenters. The van der Waals surface area contributed by atoms with Gasteiger partial charge in [-0.15, -0.1) is 0 Å². The molecule has 0 fully saturated rings. The predicted octanol–water partition coefficient (Wildman–Crippen LogP) is 3.63. The van der Waals surface area contributed by atoms with E-state index in [1.165, 1.54) is 12.1 Å². The maximum atomic E-state index is 12.6. The quantitative estimate of drug-likeness (QED) is 0.755. The van der Waals surface area contributed by atoms with Crippen molar-refractivity contribution in [1.29, 1.82) is 0 Å². The summed E-state index contributed by atoms with van der Waals surface area (Å²) in [6, 6.07) is 4.23. The van der Waals surface area contributed by atoms with Crippen molar-refractivity contribution in [3.8, 4) is 11.5 Å². The van der Waals surface area contributed by atoms with Gasteiger partial charge < -0.3 is 15.1 Å². The summed E-state index contributed by atoms with van der Waals surface area (Å²) < 4.78 is 0. The van der Waals surface area contributed by atoms with Crippen molar-refractivity contribution in [2.75, 3.05) is 13.1 Å². The van der Waals surface area contributed by atoms with Gasteiger partial charge in [-0.25, -0.2) is 0 Å². The fourth-order valence-corrected chi connectivity index (χ4v) is 1.98. The minimum absolute atomic E-state index is 0.0911. The van der Waals surface area contributed by atoms with Crippen LogP contribution in [-0.2, 0) is 0 Å². The van der Waals surface area contributed by atoms with Gasteiger partial charge in [-0.3, -0.25) is 4.79 Å². The normalized spacial score (nSPS) is 11.1. The highest BCUT2D eigenvalue weighted by molar-refractivity contribution is 5.94. The monoisotopic (exact) mass is 293 g/mol. The Balaban J connectivity index is 2.83. The number of nitrogens with zero attached hydrogens (tertiary/aromatic N) is 1. The van der Waals surface area contributed by atoms with Gasteiger partial charge in [0.2, 0.25) is 0 Å². The van der Waals surface area contributed by atoms with Crippen LogP contribution in [0.25, 0.3) is 0 Å². The van der Waals surface area contributed by atoms with Gasteiger partial charge in [0.1, 0.15) is 0 Å². The maximum absolute atomic E-state index is 12.6. The van der Waals surface area contributed by atoms with Crippen molar-refractivity contribution in [2.24, 2.45) is 11.8 Å². The molecule has 0 radical (unpaired) electrons. The molecule has 21 heavy (non-hydrogen) atoms. The van der Waals surface area contributed by atoms with Gasteiger partial charge in [-0.05, 0) is 42.9 Å². The first kappa shape index (κ1) is 17.3. The van der Waals surface area contributed by atoms with E-state index in [4.69, 9.17) is 0 Å². The summed E-state index contributed by atoms with van der Waals surface area (Å²) in [5, 5.41) is 18.9. The van der Waals surface area contributed by atoms with Crippen molar-refractivity contribution < 1.29 is 15.0 Å². The van der Waals surface area contributed by atoms with Crippen LogP contribution in [0.5, 0.6) is 11.5 Å². The predicted molar refractivity (Wildman–Crippen MR) is 84.6 cm³/mol. The van der Waals surface area contributed by atoms with E-state index in [1.54, 1.807) is 6.07 Å². The average Bonchev–Trinajstić information content (AvgIpc) is 2.40. The molecule has 1 amide bonds. The Labute approximate surface area is 127 Å². The molecular weight excluding hydrogens is 266 g/mol. The van der Waals surface area contributed by atoms with Crippen LogP contribution in [0.3, 0.4) is 0 Å². The average molecular weight is 293 g/mol. The molecule has 4 heteroatoms. The number of carbonyl (C=O) groups is 1.